The molecule has 0 aliphatic heterocycles. The maximum atomic E-state index is 10.5. The summed E-state index contributed by atoms with van der Waals surface area (Å²) in [4.78, 5) is 14.6. The topological polar surface area (TPSA) is 85.5 Å². The molecule has 1 rings (SSSR count). The van der Waals surface area contributed by atoms with Crippen LogP contribution in [0.2, 0.25) is 0 Å². The Labute approximate surface area is 100.0 Å². The Morgan fingerprint density at radius 3 is 3.00 bits per heavy atom. The molecular formula is C11H18N2O4. The minimum atomic E-state index is -0.816. The third-order valence-corrected chi connectivity index (χ3v) is 2.14. The molecule has 1 aromatic rings. The molecule has 0 fully saturated rings. The monoisotopic (exact) mass is 242 g/mol. The molecule has 0 spiro atoms. The minimum absolute atomic E-state index is 0.0163. The van der Waals surface area contributed by atoms with E-state index in [1.807, 2.05) is 13.8 Å². The van der Waals surface area contributed by atoms with Crippen LogP contribution in [0.3, 0.4) is 0 Å². The fraction of sp³-hybridized carbons (Fsp3) is 0.727. The molecule has 0 saturated heterocycles. The normalized spacial score (nSPS) is 12.6. The van der Waals surface area contributed by atoms with E-state index in [0.717, 1.165) is 6.42 Å². The standard InChI is InChI=1S/C11H18N2O4/c1-3-4-16-7-9-12-10(17-13-9)5-8(2)6-11(14)15/h8H,3-7H2,1-2H3,(H,14,15). The number of carboxylic acids is 1. The zero-order valence-corrected chi connectivity index (χ0v) is 10.2. The van der Waals surface area contributed by atoms with Gasteiger partial charge >= 0.3 is 5.97 Å². The van der Waals surface area contributed by atoms with Gasteiger partial charge in [0.15, 0.2) is 5.82 Å². The summed E-state index contributed by atoms with van der Waals surface area (Å²) < 4.78 is 10.3. The van der Waals surface area contributed by atoms with Gasteiger partial charge in [-0.25, -0.2) is 0 Å². The van der Waals surface area contributed by atoms with Gasteiger partial charge < -0.3 is 14.4 Å². The summed E-state index contributed by atoms with van der Waals surface area (Å²) in [6, 6.07) is 0. The van der Waals surface area contributed by atoms with E-state index < -0.39 is 5.97 Å². The van der Waals surface area contributed by atoms with E-state index in [0.29, 0.717) is 31.3 Å². The molecule has 1 atom stereocenters. The Kier molecular flexibility index (Phi) is 5.62. The molecule has 1 unspecified atom stereocenters. The fourth-order valence-corrected chi connectivity index (χ4v) is 1.41. The smallest absolute Gasteiger partial charge is 0.303 e. The molecule has 0 aromatic carbocycles. The number of nitrogens with zero attached hydrogens (tertiary/aromatic N) is 2. The maximum Gasteiger partial charge on any atom is 0.303 e. The highest BCUT2D eigenvalue weighted by atomic mass is 16.5. The summed E-state index contributed by atoms with van der Waals surface area (Å²) in [7, 11) is 0. The second-order valence-electron chi connectivity index (χ2n) is 4.06. The highest BCUT2D eigenvalue weighted by Crippen LogP contribution is 2.10. The first-order valence-corrected chi connectivity index (χ1v) is 5.72. The van der Waals surface area contributed by atoms with Gasteiger partial charge in [-0.2, -0.15) is 4.98 Å². The molecule has 0 aliphatic rings. The van der Waals surface area contributed by atoms with Gasteiger partial charge in [0.2, 0.25) is 5.89 Å². The van der Waals surface area contributed by atoms with Gasteiger partial charge in [-0.15, -0.1) is 0 Å². The highest BCUT2D eigenvalue weighted by molar-refractivity contribution is 5.66. The molecule has 17 heavy (non-hydrogen) atoms. The van der Waals surface area contributed by atoms with Crippen molar-refractivity contribution in [1.82, 2.24) is 10.1 Å². The van der Waals surface area contributed by atoms with Crippen molar-refractivity contribution >= 4 is 5.97 Å². The van der Waals surface area contributed by atoms with Gasteiger partial charge in [0, 0.05) is 19.4 Å². The molecule has 0 amide bonds. The average molecular weight is 242 g/mol. The number of aromatic nitrogens is 2. The van der Waals surface area contributed by atoms with Crippen molar-refractivity contribution in [1.29, 1.82) is 0 Å². The van der Waals surface area contributed by atoms with E-state index in [-0.39, 0.29) is 12.3 Å². The van der Waals surface area contributed by atoms with E-state index in [2.05, 4.69) is 10.1 Å². The lowest BCUT2D eigenvalue weighted by molar-refractivity contribution is -0.137. The van der Waals surface area contributed by atoms with Crippen LogP contribution < -0.4 is 0 Å². The molecule has 0 aliphatic carbocycles. The summed E-state index contributed by atoms with van der Waals surface area (Å²) >= 11 is 0. The summed E-state index contributed by atoms with van der Waals surface area (Å²) in [6.07, 6.45) is 1.53. The number of carboxylic acid groups (broad SMARTS) is 1. The van der Waals surface area contributed by atoms with Crippen LogP contribution in [-0.4, -0.2) is 27.8 Å². The number of hydrogen-bond acceptors (Lipinski definition) is 5. The molecule has 1 aromatic heterocycles. The van der Waals surface area contributed by atoms with Gasteiger partial charge in [-0.05, 0) is 12.3 Å². The van der Waals surface area contributed by atoms with Crippen molar-refractivity contribution in [2.75, 3.05) is 6.61 Å². The lowest BCUT2D eigenvalue weighted by Crippen LogP contribution is -2.07. The second kappa shape index (κ2) is 7.01. The molecule has 96 valence electrons. The van der Waals surface area contributed by atoms with Gasteiger partial charge in [0.1, 0.15) is 6.61 Å². The number of hydrogen-bond donors (Lipinski definition) is 1. The maximum absolute atomic E-state index is 10.5. The largest absolute Gasteiger partial charge is 0.481 e. The van der Waals surface area contributed by atoms with Gasteiger partial charge in [-0.3, -0.25) is 4.79 Å². The van der Waals surface area contributed by atoms with Gasteiger partial charge in [-0.1, -0.05) is 19.0 Å². The first-order chi connectivity index (χ1) is 8.11. The molecular weight excluding hydrogens is 224 g/mol. The first kappa shape index (κ1) is 13.6. The molecule has 0 saturated carbocycles. The Morgan fingerprint density at radius 1 is 1.59 bits per heavy atom. The summed E-state index contributed by atoms with van der Waals surface area (Å²) in [5.74, 6) is 0.144. The van der Waals surface area contributed by atoms with Crippen molar-refractivity contribution in [3.05, 3.63) is 11.7 Å². The Balaban J connectivity index is 2.37. The van der Waals surface area contributed by atoms with Crippen LogP contribution in [0.1, 0.15) is 38.4 Å². The lowest BCUT2D eigenvalue weighted by Gasteiger charge is -2.03. The van der Waals surface area contributed by atoms with Crippen LogP contribution in [0.5, 0.6) is 0 Å². The average Bonchev–Trinajstić information content (AvgIpc) is 2.64. The lowest BCUT2D eigenvalue weighted by atomic mass is 10.0. The Bertz CT molecular complexity index is 351. The molecule has 1 N–H and O–H groups in total. The van der Waals surface area contributed by atoms with E-state index in [1.54, 1.807) is 0 Å². The molecule has 1 heterocycles. The fourth-order valence-electron chi connectivity index (χ4n) is 1.41. The summed E-state index contributed by atoms with van der Waals surface area (Å²) in [6.45, 7) is 4.87. The molecule has 6 nitrogen and oxygen atoms in total. The molecule has 0 bridgehead atoms. The van der Waals surface area contributed by atoms with Crippen LogP contribution in [0.4, 0.5) is 0 Å². The predicted molar refractivity (Wildman–Crippen MR) is 59.4 cm³/mol. The zero-order valence-electron chi connectivity index (χ0n) is 10.2. The number of aliphatic carboxylic acids is 1. The SMILES string of the molecule is CCCOCc1noc(CC(C)CC(=O)O)n1. The Morgan fingerprint density at radius 2 is 2.35 bits per heavy atom. The predicted octanol–water partition coefficient (Wildman–Crippen LogP) is 1.65. The summed E-state index contributed by atoms with van der Waals surface area (Å²) in [5, 5.41) is 12.4. The number of rotatable bonds is 8. The van der Waals surface area contributed by atoms with E-state index in [1.165, 1.54) is 0 Å². The van der Waals surface area contributed by atoms with Gasteiger partial charge in [0.05, 0.1) is 0 Å². The third kappa shape index (κ3) is 5.44. The quantitative estimate of drug-likeness (QED) is 0.697. The zero-order chi connectivity index (χ0) is 12.7. The minimum Gasteiger partial charge on any atom is -0.481 e. The van der Waals surface area contributed by atoms with E-state index >= 15 is 0 Å². The number of ether oxygens (including phenoxy) is 1. The first-order valence-electron chi connectivity index (χ1n) is 5.72. The van der Waals surface area contributed by atoms with Crippen LogP contribution in [0, 0.1) is 5.92 Å². The number of carbonyl (C=O) groups is 1. The van der Waals surface area contributed by atoms with Crippen LogP contribution in [0.15, 0.2) is 4.52 Å². The van der Waals surface area contributed by atoms with Crippen LogP contribution in [-0.2, 0) is 22.6 Å². The molecule has 6 heteroatoms. The third-order valence-electron chi connectivity index (χ3n) is 2.14. The van der Waals surface area contributed by atoms with Crippen LogP contribution in [0.25, 0.3) is 0 Å². The Hall–Kier alpha value is -1.43. The summed E-state index contributed by atoms with van der Waals surface area (Å²) in [5.41, 5.74) is 0. The van der Waals surface area contributed by atoms with Crippen molar-refractivity contribution < 1.29 is 19.2 Å². The van der Waals surface area contributed by atoms with Crippen molar-refractivity contribution in [3.63, 3.8) is 0 Å². The van der Waals surface area contributed by atoms with Crippen LogP contribution >= 0.6 is 0 Å². The molecule has 0 radical (unpaired) electrons. The van der Waals surface area contributed by atoms with Crippen molar-refractivity contribution in [2.24, 2.45) is 5.92 Å². The highest BCUT2D eigenvalue weighted by Gasteiger charge is 2.13. The van der Waals surface area contributed by atoms with Crippen molar-refractivity contribution in [2.45, 2.75) is 39.7 Å². The van der Waals surface area contributed by atoms with E-state index in [4.69, 9.17) is 14.4 Å². The second-order valence-corrected chi connectivity index (χ2v) is 4.06. The van der Waals surface area contributed by atoms with Gasteiger partial charge in [0.25, 0.3) is 0 Å². The van der Waals surface area contributed by atoms with E-state index in [9.17, 15) is 4.79 Å². The van der Waals surface area contributed by atoms with Crippen molar-refractivity contribution in [3.8, 4) is 0 Å².